The molecule has 10 heteroatoms. The first kappa shape index (κ1) is 19.5. The van der Waals surface area contributed by atoms with Gasteiger partial charge in [0.1, 0.15) is 11.5 Å². The minimum Gasteiger partial charge on any atom is -0.477 e. The van der Waals surface area contributed by atoms with E-state index >= 15 is 0 Å². The van der Waals surface area contributed by atoms with Crippen LogP contribution in [0, 0.1) is 5.82 Å². The SMILES string of the molecule is NC(=O)c1cc(F)c(NC2CCCC[C@@H]2N)nc1Nc1ccnc(C(=O)O)c1. The number of aromatic carboxylic acids is 1. The Bertz CT molecular complexity index is 907. The van der Waals surface area contributed by atoms with Gasteiger partial charge in [-0.15, -0.1) is 0 Å². The first-order valence-corrected chi connectivity index (χ1v) is 8.84. The van der Waals surface area contributed by atoms with Gasteiger partial charge in [-0.1, -0.05) is 12.8 Å². The lowest BCUT2D eigenvalue weighted by Crippen LogP contribution is -2.43. The summed E-state index contributed by atoms with van der Waals surface area (Å²) in [5.74, 6) is -2.86. The number of primary amides is 1. The summed E-state index contributed by atoms with van der Waals surface area (Å²) in [6.45, 7) is 0. The topological polar surface area (TPSA) is 156 Å². The standard InChI is InChI=1S/C18H21FN6O3/c19-11-8-10(15(21)26)16(23-9-5-6-22-14(7-9)18(27)28)25-17(11)24-13-4-2-1-3-12(13)20/h5-8,12-13H,1-4,20H2,(H2,21,26)(H,27,28)(H2,22,23,24,25)/t12-,13?/m0/s1. The third-order valence-electron chi connectivity index (χ3n) is 4.62. The van der Waals surface area contributed by atoms with Crippen LogP contribution in [0.15, 0.2) is 24.4 Å². The van der Waals surface area contributed by atoms with E-state index in [1.807, 2.05) is 0 Å². The smallest absolute Gasteiger partial charge is 0.354 e. The van der Waals surface area contributed by atoms with E-state index in [4.69, 9.17) is 16.6 Å². The quantitative estimate of drug-likeness (QED) is 0.502. The van der Waals surface area contributed by atoms with Crippen LogP contribution in [-0.4, -0.2) is 39.0 Å². The number of hydrogen-bond donors (Lipinski definition) is 5. The third kappa shape index (κ3) is 4.34. The molecule has 9 nitrogen and oxygen atoms in total. The van der Waals surface area contributed by atoms with E-state index in [0.29, 0.717) is 5.69 Å². The van der Waals surface area contributed by atoms with Gasteiger partial charge in [-0.2, -0.15) is 0 Å². The molecule has 3 rings (SSSR count). The maximum atomic E-state index is 14.5. The molecule has 1 aliphatic carbocycles. The van der Waals surface area contributed by atoms with E-state index in [9.17, 15) is 14.0 Å². The second kappa shape index (κ2) is 8.17. The number of carboxylic acid groups (broad SMARTS) is 1. The van der Waals surface area contributed by atoms with Crippen LogP contribution in [0.3, 0.4) is 0 Å². The third-order valence-corrected chi connectivity index (χ3v) is 4.62. The molecule has 1 unspecified atom stereocenters. The summed E-state index contributed by atoms with van der Waals surface area (Å²) in [6.07, 6.45) is 4.91. The number of rotatable bonds is 6. The van der Waals surface area contributed by atoms with Crippen LogP contribution in [-0.2, 0) is 0 Å². The molecule has 0 spiro atoms. The van der Waals surface area contributed by atoms with Crippen molar-refractivity contribution in [1.29, 1.82) is 0 Å². The summed E-state index contributed by atoms with van der Waals surface area (Å²) in [6, 6.07) is 3.49. The molecule has 1 amide bonds. The Balaban J connectivity index is 1.93. The van der Waals surface area contributed by atoms with E-state index < -0.39 is 17.7 Å². The Kier molecular flexibility index (Phi) is 5.69. The zero-order valence-electron chi connectivity index (χ0n) is 15.0. The molecule has 1 fully saturated rings. The number of nitrogens with one attached hydrogen (secondary N) is 2. The maximum absolute atomic E-state index is 14.5. The van der Waals surface area contributed by atoms with E-state index in [1.54, 1.807) is 0 Å². The number of carbonyl (C=O) groups excluding carboxylic acids is 1. The predicted octanol–water partition coefficient (Wildman–Crippen LogP) is 1.84. The molecule has 7 N–H and O–H groups in total. The summed E-state index contributed by atoms with van der Waals surface area (Å²) < 4.78 is 14.5. The maximum Gasteiger partial charge on any atom is 0.354 e. The number of hydrogen-bond acceptors (Lipinski definition) is 7. The zero-order valence-corrected chi connectivity index (χ0v) is 15.0. The second-order valence-electron chi connectivity index (χ2n) is 6.64. The molecule has 2 aromatic rings. The lowest BCUT2D eigenvalue weighted by atomic mass is 9.91. The van der Waals surface area contributed by atoms with Crippen molar-refractivity contribution in [3.8, 4) is 0 Å². The molecule has 2 atom stereocenters. The minimum atomic E-state index is -1.21. The van der Waals surface area contributed by atoms with Crippen LogP contribution in [0.2, 0.25) is 0 Å². The van der Waals surface area contributed by atoms with E-state index in [-0.39, 0.29) is 35.0 Å². The Labute approximate surface area is 160 Å². The fourth-order valence-electron chi connectivity index (χ4n) is 3.15. The van der Waals surface area contributed by atoms with Crippen molar-refractivity contribution in [3.63, 3.8) is 0 Å². The minimum absolute atomic E-state index is 0.00307. The number of halogens is 1. The van der Waals surface area contributed by atoms with Gasteiger partial charge in [0.05, 0.1) is 5.56 Å². The van der Waals surface area contributed by atoms with Crippen molar-refractivity contribution < 1.29 is 19.1 Å². The second-order valence-corrected chi connectivity index (χ2v) is 6.64. The highest BCUT2D eigenvalue weighted by atomic mass is 19.1. The molecular formula is C18H21FN6O3. The normalized spacial score (nSPS) is 19.1. The highest BCUT2D eigenvalue weighted by Crippen LogP contribution is 2.26. The molecule has 2 aromatic heterocycles. The molecular weight excluding hydrogens is 367 g/mol. The lowest BCUT2D eigenvalue weighted by Gasteiger charge is -2.30. The molecule has 0 bridgehead atoms. The summed E-state index contributed by atoms with van der Waals surface area (Å²) in [5, 5.41) is 14.9. The van der Waals surface area contributed by atoms with E-state index in [2.05, 4.69) is 20.6 Å². The van der Waals surface area contributed by atoms with Crippen molar-refractivity contribution in [3.05, 3.63) is 41.5 Å². The number of aromatic nitrogens is 2. The monoisotopic (exact) mass is 388 g/mol. The molecule has 2 heterocycles. The predicted molar refractivity (Wildman–Crippen MR) is 101 cm³/mol. The van der Waals surface area contributed by atoms with E-state index in [0.717, 1.165) is 31.7 Å². The fraction of sp³-hybridized carbons (Fsp3) is 0.333. The van der Waals surface area contributed by atoms with Crippen molar-refractivity contribution in [1.82, 2.24) is 9.97 Å². The van der Waals surface area contributed by atoms with Gasteiger partial charge in [-0.25, -0.2) is 19.2 Å². The van der Waals surface area contributed by atoms with Crippen molar-refractivity contribution in [2.75, 3.05) is 10.6 Å². The van der Waals surface area contributed by atoms with Crippen LogP contribution in [0.1, 0.15) is 46.5 Å². The summed E-state index contributed by atoms with van der Waals surface area (Å²) in [4.78, 5) is 30.7. The fourth-order valence-corrected chi connectivity index (χ4v) is 3.15. The van der Waals surface area contributed by atoms with Crippen LogP contribution < -0.4 is 22.1 Å². The van der Waals surface area contributed by atoms with Crippen molar-refractivity contribution >= 4 is 29.2 Å². The number of carboxylic acids is 1. The van der Waals surface area contributed by atoms with E-state index in [1.165, 1.54) is 18.3 Å². The Morgan fingerprint density at radius 2 is 1.96 bits per heavy atom. The van der Waals surface area contributed by atoms with Gasteiger partial charge in [0.2, 0.25) is 0 Å². The number of nitrogens with zero attached hydrogens (tertiary/aromatic N) is 2. The number of anilines is 3. The highest BCUT2D eigenvalue weighted by Gasteiger charge is 2.24. The number of carbonyl (C=O) groups is 2. The first-order valence-electron chi connectivity index (χ1n) is 8.84. The summed E-state index contributed by atoms with van der Waals surface area (Å²) in [7, 11) is 0. The number of amides is 1. The van der Waals surface area contributed by atoms with Crippen LogP contribution in [0.5, 0.6) is 0 Å². The Morgan fingerprint density at radius 3 is 2.64 bits per heavy atom. The lowest BCUT2D eigenvalue weighted by molar-refractivity contribution is 0.0690. The molecule has 1 saturated carbocycles. The van der Waals surface area contributed by atoms with Gasteiger partial charge in [-0.05, 0) is 31.0 Å². The molecule has 148 valence electrons. The zero-order chi connectivity index (χ0) is 20.3. The Morgan fingerprint density at radius 1 is 1.21 bits per heavy atom. The molecule has 0 radical (unpaired) electrons. The largest absolute Gasteiger partial charge is 0.477 e. The van der Waals surface area contributed by atoms with Gasteiger partial charge in [0.25, 0.3) is 5.91 Å². The van der Waals surface area contributed by atoms with Gasteiger partial charge in [0.15, 0.2) is 11.6 Å². The summed E-state index contributed by atoms with van der Waals surface area (Å²) >= 11 is 0. The van der Waals surface area contributed by atoms with Crippen LogP contribution in [0.25, 0.3) is 0 Å². The molecule has 0 aromatic carbocycles. The van der Waals surface area contributed by atoms with Gasteiger partial charge in [-0.3, -0.25) is 4.79 Å². The molecule has 0 aliphatic heterocycles. The van der Waals surface area contributed by atoms with Gasteiger partial charge in [0, 0.05) is 24.0 Å². The number of nitrogens with two attached hydrogens (primary N) is 2. The van der Waals surface area contributed by atoms with Crippen molar-refractivity contribution in [2.45, 2.75) is 37.8 Å². The average molecular weight is 388 g/mol. The number of pyridine rings is 2. The summed E-state index contributed by atoms with van der Waals surface area (Å²) in [5.41, 5.74) is 11.4. The van der Waals surface area contributed by atoms with Crippen molar-refractivity contribution in [2.24, 2.45) is 11.5 Å². The first-order chi connectivity index (χ1) is 13.3. The molecule has 1 aliphatic rings. The molecule has 28 heavy (non-hydrogen) atoms. The van der Waals surface area contributed by atoms with Crippen LogP contribution >= 0.6 is 0 Å². The average Bonchev–Trinajstić information content (AvgIpc) is 2.66. The molecule has 0 saturated heterocycles. The highest BCUT2D eigenvalue weighted by molar-refractivity contribution is 5.98. The van der Waals surface area contributed by atoms with Crippen LogP contribution in [0.4, 0.5) is 21.7 Å². The Hall–Kier alpha value is -3.27. The van der Waals surface area contributed by atoms with Gasteiger partial charge >= 0.3 is 5.97 Å². The van der Waals surface area contributed by atoms with Gasteiger partial charge < -0.3 is 27.2 Å².